The number of amides is 1. The van der Waals surface area contributed by atoms with Crippen molar-refractivity contribution in [1.29, 1.82) is 0 Å². The van der Waals surface area contributed by atoms with Crippen molar-refractivity contribution in [1.82, 2.24) is 5.32 Å². The average Bonchev–Trinajstić information content (AvgIpc) is 2.85. The summed E-state index contributed by atoms with van der Waals surface area (Å²) in [6.07, 6.45) is 2.38. The molecule has 206 valence electrons. The number of benzene rings is 2. The number of halogens is 1. The normalized spacial score (nSPS) is 12.4. The molecule has 0 heterocycles. The minimum Gasteiger partial charge on any atom is -0.512 e. The molecule has 0 saturated carbocycles. The summed E-state index contributed by atoms with van der Waals surface area (Å²) in [5.74, 6) is 1.02. The van der Waals surface area contributed by atoms with Gasteiger partial charge in [-0.1, -0.05) is 54.0 Å². The monoisotopic (exact) mass is 587 g/mol. The van der Waals surface area contributed by atoms with Crippen LogP contribution in [-0.2, 0) is 27.2 Å². The molecule has 2 N–H and O–H groups in total. The van der Waals surface area contributed by atoms with Gasteiger partial charge in [-0.2, -0.15) is 0 Å². The number of nitrogens with one attached hydrogen (secondary N) is 1. The van der Waals surface area contributed by atoms with Gasteiger partial charge in [0.05, 0.1) is 18.8 Å². The number of aliphatic hydroxyl groups excluding tert-OH is 1. The van der Waals surface area contributed by atoms with Gasteiger partial charge in [-0.15, -0.1) is 0 Å². The molecule has 0 atom stereocenters. The maximum atomic E-state index is 12.1. The number of ether oxygens (including phenoxy) is 3. The minimum absolute atomic E-state index is 0.0864. The highest BCUT2D eigenvalue weighted by atomic mass is 79.9. The van der Waals surface area contributed by atoms with Crippen LogP contribution in [0.15, 0.2) is 64.5 Å². The predicted molar refractivity (Wildman–Crippen MR) is 153 cm³/mol. The van der Waals surface area contributed by atoms with Gasteiger partial charge in [0.2, 0.25) is 0 Å². The molecule has 7 nitrogen and oxygen atoms in total. The zero-order valence-corrected chi connectivity index (χ0v) is 24.6. The summed E-state index contributed by atoms with van der Waals surface area (Å²) in [4.78, 5) is 24.2. The summed E-state index contributed by atoms with van der Waals surface area (Å²) >= 11 is 3.47. The van der Waals surface area contributed by atoms with Gasteiger partial charge in [-0.25, -0.2) is 4.79 Å². The summed E-state index contributed by atoms with van der Waals surface area (Å²) in [7, 11) is 0. The molecule has 0 aliphatic heterocycles. The molecule has 2 rings (SSSR count). The molecule has 0 spiro atoms. The van der Waals surface area contributed by atoms with Crippen molar-refractivity contribution in [3.8, 4) is 5.75 Å². The van der Waals surface area contributed by atoms with Crippen molar-refractivity contribution in [2.75, 3.05) is 6.61 Å². The molecule has 0 aliphatic rings. The average molecular weight is 589 g/mol. The molecule has 38 heavy (non-hydrogen) atoms. The first-order chi connectivity index (χ1) is 17.9. The number of aliphatic hydroxyl groups is 1. The zero-order chi connectivity index (χ0) is 28.3. The van der Waals surface area contributed by atoms with Crippen LogP contribution in [0.5, 0.6) is 5.75 Å². The molecular formula is C30H38BrNO6. The Morgan fingerprint density at radius 3 is 2.42 bits per heavy atom. The molecule has 0 bridgehead atoms. The van der Waals surface area contributed by atoms with E-state index in [1.165, 1.54) is 0 Å². The topological polar surface area (TPSA) is 94.1 Å². The summed E-state index contributed by atoms with van der Waals surface area (Å²) in [5, 5.41) is 13.6. The van der Waals surface area contributed by atoms with Crippen molar-refractivity contribution in [2.24, 2.45) is 0 Å². The van der Waals surface area contributed by atoms with Gasteiger partial charge in [0.15, 0.2) is 0 Å². The number of carbonyl (C=O) groups is 2. The van der Waals surface area contributed by atoms with E-state index >= 15 is 0 Å². The lowest BCUT2D eigenvalue weighted by Crippen LogP contribution is -2.32. The van der Waals surface area contributed by atoms with E-state index in [2.05, 4.69) is 21.2 Å². The van der Waals surface area contributed by atoms with E-state index < -0.39 is 11.7 Å². The van der Waals surface area contributed by atoms with E-state index in [1.807, 2.05) is 83.2 Å². The summed E-state index contributed by atoms with van der Waals surface area (Å²) in [6, 6.07) is 13.1. The van der Waals surface area contributed by atoms with Crippen LogP contribution in [-0.4, -0.2) is 29.4 Å². The molecule has 8 heteroatoms. The fourth-order valence-corrected chi connectivity index (χ4v) is 3.84. The predicted octanol–water partition coefficient (Wildman–Crippen LogP) is 7.63. The lowest BCUT2D eigenvalue weighted by molar-refractivity contribution is -0.142. The smallest absolute Gasteiger partial charge is 0.407 e. The van der Waals surface area contributed by atoms with Crippen LogP contribution in [0.2, 0.25) is 0 Å². The standard InChI is InChI=1S/C30H38BrNO6/c1-7-24(37-27-17-23(31)14-13-22(27)16-28(34)36-9-3)18-25(26(33)8-2)21-12-10-11-20(15-21)19-32-29(35)38-30(4,5)6/h10-15,17-18,33H,7-9,16,19H2,1-6H3,(H,32,35)/b24-18+,26-25-. The minimum atomic E-state index is -0.583. The highest BCUT2D eigenvalue weighted by molar-refractivity contribution is 9.10. The Morgan fingerprint density at radius 1 is 1.05 bits per heavy atom. The van der Waals surface area contributed by atoms with Crippen LogP contribution >= 0.6 is 15.9 Å². The van der Waals surface area contributed by atoms with E-state index in [0.717, 1.165) is 15.6 Å². The molecule has 0 unspecified atom stereocenters. The number of rotatable bonds is 11. The Balaban J connectivity index is 2.35. The molecular weight excluding hydrogens is 550 g/mol. The van der Waals surface area contributed by atoms with E-state index in [-0.39, 0.29) is 24.7 Å². The van der Waals surface area contributed by atoms with Gasteiger partial charge in [-0.3, -0.25) is 4.79 Å². The number of allylic oxidation sites excluding steroid dienone is 4. The van der Waals surface area contributed by atoms with Gasteiger partial charge in [0.1, 0.15) is 17.1 Å². The Kier molecular flexibility index (Phi) is 11.9. The van der Waals surface area contributed by atoms with Crippen molar-refractivity contribution in [2.45, 2.75) is 73.0 Å². The van der Waals surface area contributed by atoms with Gasteiger partial charge in [0, 0.05) is 35.0 Å². The van der Waals surface area contributed by atoms with Crippen LogP contribution in [0.4, 0.5) is 4.79 Å². The van der Waals surface area contributed by atoms with E-state index in [9.17, 15) is 14.7 Å². The lowest BCUT2D eigenvalue weighted by atomic mass is 9.99. The maximum Gasteiger partial charge on any atom is 0.407 e. The third-order valence-electron chi connectivity index (χ3n) is 5.28. The fraction of sp³-hybridized carbons (Fsp3) is 0.400. The highest BCUT2D eigenvalue weighted by Crippen LogP contribution is 2.30. The Hall–Kier alpha value is -3.26. The molecule has 0 radical (unpaired) electrons. The zero-order valence-electron chi connectivity index (χ0n) is 23.0. The maximum absolute atomic E-state index is 12.1. The second-order valence-corrected chi connectivity index (χ2v) is 10.5. The van der Waals surface area contributed by atoms with Gasteiger partial charge < -0.3 is 24.6 Å². The third-order valence-corrected chi connectivity index (χ3v) is 5.78. The number of carbonyl (C=O) groups excluding carboxylic acids is 2. The lowest BCUT2D eigenvalue weighted by Gasteiger charge is -2.19. The summed E-state index contributed by atoms with van der Waals surface area (Å²) in [5.41, 5.74) is 2.37. The van der Waals surface area contributed by atoms with Crippen LogP contribution in [0, 0.1) is 0 Å². The summed E-state index contributed by atoms with van der Waals surface area (Å²) < 4.78 is 17.5. The first-order valence-electron chi connectivity index (χ1n) is 12.8. The third kappa shape index (κ3) is 10.2. The van der Waals surface area contributed by atoms with Crippen LogP contribution in [0.25, 0.3) is 5.57 Å². The number of esters is 1. The van der Waals surface area contributed by atoms with Crippen LogP contribution in [0.1, 0.15) is 71.1 Å². The first kappa shape index (κ1) is 31.0. The second-order valence-electron chi connectivity index (χ2n) is 9.57. The molecule has 0 aliphatic carbocycles. The Labute approximate surface area is 234 Å². The van der Waals surface area contributed by atoms with Crippen molar-refractivity contribution < 1.29 is 28.9 Å². The van der Waals surface area contributed by atoms with Gasteiger partial charge >= 0.3 is 12.1 Å². The van der Waals surface area contributed by atoms with E-state index in [4.69, 9.17) is 14.2 Å². The van der Waals surface area contributed by atoms with Crippen molar-refractivity contribution >= 4 is 33.6 Å². The molecule has 0 aromatic heterocycles. The van der Waals surface area contributed by atoms with Crippen LogP contribution < -0.4 is 10.1 Å². The van der Waals surface area contributed by atoms with Crippen LogP contribution in [0.3, 0.4) is 0 Å². The first-order valence-corrected chi connectivity index (χ1v) is 13.6. The number of hydrogen-bond donors (Lipinski definition) is 2. The highest BCUT2D eigenvalue weighted by Gasteiger charge is 2.17. The quantitative estimate of drug-likeness (QED) is 0.159. The Bertz CT molecular complexity index is 1180. The number of hydrogen-bond acceptors (Lipinski definition) is 6. The van der Waals surface area contributed by atoms with E-state index in [1.54, 1.807) is 6.92 Å². The summed E-state index contributed by atoms with van der Waals surface area (Å²) in [6.45, 7) is 11.6. The molecule has 2 aromatic rings. The molecule has 0 fully saturated rings. The van der Waals surface area contributed by atoms with Crippen molar-refractivity contribution in [3.63, 3.8) is 0 Å². The van der Waals surface area contributed by atoms with Gasteiger partial charge in [0.25, 0.3) is 0 Å². The van der Waals surface area contributed by atoms with Crippen molar-refractivity contribution in [3.05, 3.63) is 81.2 Å². The molecule has 1 amide bonds. The molecule has 0 saturated heterocycles. The largest absolute Gasteiger partial charge is 0.512 e. The number of alkyl carbamates (subject to hydrolysis) is 1. The second kappa shape index (κ2) is 14.6. The fourth-order valence-electron chi connectivity index (χ4n) is 3.50. The molecule has 2 aromatic carbocycles. The SMILES string of the molecule is CCOC(=O)Cc1ccc(Br)cc1O/C(=C/C(=C(/O)CC)c1cccc(CNC(=O)OC(C)(C)C)c1)CC. The van der Waals surface area contributed by atoms with E-state index in [0.29, 0.717) is 42.1 Å². The Morgan fingerprint density at radius 2 is 1.79 bits per heavy atom. The van der Waals surface area contributed by atoms with Gasteiger partial charge in [-0.05, 0) is 63.1 Å².